The Labute approximate surface area is 95.7 Å². The number of aryl methyl sites for hydroxylation is 1. The molecule has 0 unspecified atom stereocenters. The van der Waals surface area contributed by atoms with Crippen LogP contribution in [0.2, 0.25) is 0 Å². The van der Waals surface area contributed by atoms with E-state index in [0.717, 1.165) is 29.4 Å². The second-order valence-electron chi connectivity index (χ2n) is 4.13. The van der Waals surface area contributed by atoms with Crippen molar-refractivity contribution in [2.24, 2.45) is 0 Å². The Kier molecular flexibility index (Phi) is 3.09. The molecule has 0 aliphatic carbocycles. The molecule has 84 valence electrons. The van der Waals surface area contributed by atoms with E-state index in [1.165, 1.54) is 5.56 Å². The van der Waals surface area contributed by atoms with E-state index in [-0.39, 0.29) is 5.78 Å². The van der Waals surface area contributed by atoms with Crippen LogP contribution in [0.15, 0.2) is 24.3 Å². The Morgan fingerprint density at radius 1 is 1.25 bits per heavy atom. The van der Waals surface area contributed by atoms with Crippen molar-refractivity contribution in [1.29, 1.82) is 0 Å². The first-order chi connectivity index (χ1) is 7.74. The van der Waals surface area contributed by atoms with E-state index >= 15 is 0 Å². The number of hydrogen-bond acceptors (Lipinski definition) is 1. The van der Waals surface area contributed by atoms with Crippen LogP contribution < -0.4 is 0 Å². The summed E-state index contributed by atoms with van der Waals surface area (Å²) in [6.07, 6.45) is 2.54. The first-order valence-electron chi connectivity index (χ1n) is 5.89. The molecule has 0 atom stereocenters. The molecule has 0 radical (unpaired) electrons. The zero-order valence-electron chi connectivity index (χ0n) is 9.84. The second-order valence-corrected chi connectivity index (χ2v) is 4.13. The van der Waals surface area contributed by atoms with Gasteiger partial charge >= 0.3 is 0 Å². The van der Waals surface area contributed by atoms with Crippen molar-refractivity contribution < 1.29 is 4.79 Å². The van der Waals surface area contributed by atoms with E-state index < -0.39 is 0 Å². The topological polar surface area (TPSA) is 32.9 Å². The van der Waals surface area contributed by atoms with E-state index in [9.17, 15) is 4.79 Å². The summed E-state index contributed by atoms with van der Waals surface area (Å²) in [5, 5.41) is 1.14. The van der Waals surface area contributed by atoms with E-state index in [2.05, 4.69) is 30.1 Å². The van der Waals surface area contributed by atoms with Gasteiger partial charge in [0.25, 0.3) is 0 Å². The van der Waals surface area contributed by atoms with Gasteiger partial charge in [-0.15, -0.1) is 0 Å². The standard InChI is InChI=1S/C14H17NO/c1-3-5-14(16)13-9-11-8-10(4-2)6-7-12(11)15-13/h6-9,15H,3-5H2,1-2H3. The molecule has 0 aliphatic rings. The van der Waals surface area contributed by atoms with Crippen molar-refractivity contribution in [3.63, 3.8) is 0 Å². The number of carbonyl (C=O) groups is 1. The molecule has 16 heavy (non-hydrogen) atoms. The molecule has 0 aliphatic heterocycles. The third kappa shape index (κ3) is 2.01. The molecule has 0 spiro atoms. The minimum absolute atomic E-state index is 0.205. The number of benzene rings is 1. The number of ketones is 1. The highest BCUT2D eigenvalue weighted by atomic mass is 16.1. The van der Waals surface area contributed by atoms with Crippen molar-refractivity contribution >= 4 is 16.7 Å². The van der Waals surface area contributed by atoms with E-state index in [4.69, 9.17) is 0 Å². The molecule has 0 bridgehead atoms. The maximum Gasteiger partial charge on any atom is 0.179 e. The van der Waals surface area contributed by atoms with Crippen LogP contribution in [0.25, 0.3) is 10.9 Å². The van der Waals surface area contributed by atoms with Crippen LogP contribution in [0.3, 0.4) is 0 Å². The molecule has 1 heterocycles. The zero-order valence-corrected chi connectivity index (χ0v) is 9.84. The third-order valence-electron chi connectivity index (χ3n) is 2.87. The summed E-state index contributed by atoms with van der Waals surface area (Å²) >= 11 is 0. The smallest absolute Gasteiger partial charge is 0.179 e. The summed E-state index contributed by atoms with van der Waals surface area (Å²) < 4.78 is 0. The van der Waals surface area contributed by atoms with Gasteiger partial charge in [0, 0.05) is 17.3 Å². The summed E-state index contributed by atoms with van der Waals surface area (Å²) in [7, 11) is 0. The van der Waals surface area contributed by atoms with Gasteiger partial charge in [0.1, 0.15) is 0 Å². The molecule has 1 N–H and O–H groups in total. The fourth-order valence-electron chi connectivity index (χ4n) is 1.91. The van der Waals surface area contributed by atoms with Crippen LogP contribution in [0.1, 0.15) is 42.7 Å². The molecule has 2 rings (SSSR count). The first kappa shape index (κ1) is 10.9. The summed E-state index contributed by atoms with van der Waals surface area (Å²) in [6, 6.07) is 8.27. The van der Waals surface area contributed by atoms with Gasteiger partial charge in [0.05, 0.1) is 5.69 Å². The molecule has 2 aromatic rings. The maximum absolute atomic E-state index is 11.7. The van der Waals surface area contributed by atoms with Crippen molar-refractivity contribution in [3.05, 3.63) is 35.5 Å². The second kappa shape index (κ2) is 4.52. The molecule has 1 aromatic heterocycles. The molecular formula is C14H17NO. The van der Waals surface area contributed by atoms with Gasteiger partial charge in [-0.05, 0) is 36.6 Å². The van der Waals surface area contributed by atoms with Gasteiger partial charge in [0.2, 0.25) is 0 Å². The van der Waals surface area contributed by atoms with Crippen LogP contribution >= 0.6 is 0 Å². The Morgan fingerprint density at radius 2 is 2.06 bits per heavy atom. The number of carbonyl (C=O) groups excluding carboxylic acids is 1. The van der Waals surface area contributed by atoms with Gasteiger partial charge in [-0.2, -0.15) is 0 Å². The molecule has 0 saturated heterocycles. The summed E-state index contributed by atoms with van der Waals surface area (Å²) in [5.74, 6) is 0.205. The highest BCUT2D eigenvalue weighted by Gasteiger charge is 2.08. The molecule has 2 heteroatoms. The molecule has 0 amide bonds. The van der Waals surface area contributed by atoms with Gasteiger partial charge in [-0.25, -0.2) is 0 Å². The van der Waals surface area contributed by atoms with Gasteiger partial charge in [-0.1, -0.05) is 19.9 Å². The number of fused-ring (bicyclic) bond motifs is 1. The van der Waals surface area contributed by atoms with Crippen LogP contribution in [-0.2, 0) is 6.42 Å². The van der Waals surface area contributed by atoms with Crippen molar-refractivity contribution in [2.45, 2.75) is 33.1 Å². The number of H-pyrrole nitrogens is 1. The predicted octanol–water partition coefficient (Wildman–Crippen LogP) is 3.71. The third-order valence-corrected chi connectivity index (χ3v) is 2.87. The summed E-state index contributed by atoms with van der Waals surface area (Å²) in [4.78, 5) is 14.9. The van der Waals surface area contributed by atoms with Gasteiger partial charge in [0.15, 0.2) is 5.78 Å². The molecule has 0 saturated carbocycles. The number of aromatic amines is 1. The number of aromatic nitrogens is 1. The Hall–Kier alpha value is -1.57. The van der Waals surface area contributed by atoms with Crippen LogP contribution in [0.5, 0.6) is 0 Å². The highest BCUT2D eigenvalue weighted by molar-refractivity contribution is 5.99. The van der Waals surface area contributed by atoms with Crippen LogP contribution in [-0.4, -0.2) is 10.8 Å². The molecule has 1 aromatic carbocycles. The Bertz CT molecular complexity index is 510. The van der Waals surface area contributed by atoms with Crippen molar-refractivity contribution in [1.82, 2.24) is 4.98 Å². The van der Waals surface area contributed by atoms with E-state index in [1.807, 2.05) is 13.0 Å². The SMILES string of the molecule is CCCC(=O)c1cc2cc(CC)ccc2[nH]1. The van der Waals surface area contributed by atoms with Crippen molar-refractivity contribution in [2.75, 3.05) is 0 Å². The number of rotatable bonds is 4. The zero-order chi connectivity index (χ0) is 11.5. The Morgan fingerprint density at radius 3 is 2.75 bits per heavy atom. The maximum atomic E-state index is 11.7. The lowest BCUT2D eigenvalue weighted by Crippen LogP contribution is -1.97. The highest BCUT2D eigenvalue weighted by Crippen LogP contribution is 2.18. The minimum Gasteiger partial charge on any atom is -0.352 e. The lowest BCUT2D eigenvalue weighted by molar-refractivity contribution is 0.0978. The normalized spacial score (nSPS) is 10.9. The van der Waals surface area contributed by atoms with Crippen molar-refractivity contribution in [3.8, 4) is 0 Å². The van der Waals surface area contributed by atoms with Crippen LogP contribution in [0, 0.1) is 0 Å². The summed E-state index contributed by atoms with van der Waals surface area (Å²) in [6.45, 7) is 4.16. The van der Waals surface area contributed by atoms with Gasteiger partial charge in [-0.3, -0.25) is 4.79 Å². The summed E-state index contributed by atoms with van der Waals surface area (Å²) in [5.41, 5.74) is 3.10. The van der Waals surface area contributed by atoms with E-state index in [0.29, 0.717) is 6.42 Å². The first-order valence-corrected chi connectivity index (χ1v) is 5.89. The lowest BCUT2D eigenvalue weighted by atomic mass is 10.1. The number of hydrogen-bond donors (Lipinski definition) is 1. The number of nitrogens with one attached hydrogen (secondary N) is 1. The average molecular weight is 215 g/mol. The quantitative estimate of drug-likeness (QED) is 0.775. The monoisotopic (exact) mass is 215 g/mol. The minimum atomic E-state index is 0.205. The predicted molar refractivity (Wildman–Crippen MR) is 66.9 cm³/mol. The lowest BCUT2D eigenvalue weighted by Gasteiger charge is -1.94. The molecule has 2 nitrogen and oxygen atoms in total. The van der Waals surface area contributed by atoms with E-state index in [1.54, 1.807) is 0 Å². The fraction of sp³-hybridized carbons (Fsp3) is 0.357. The molecular weight excluding hydrogens is 198 g/mol. The number of Topliss-reactive ketones (excluding diaryl/α,β-unsaturated/α-hetero) is 1. The van der Waals surface area contributed by atoms with Crippen LogP contribution in [0.4, 0.5) is 0 Å². The average Bonchev–Trinajstić information content (AvgIpc) is 2.71. The Balaban J connectivity index is 2.39. The fourth-order valence-corrected chi connectivity index (χ4v) is 1.91. The largest absolute Gasteiger partial charge is 0.352 e. The molecule has 0 fully saturated rings. The van der Waals surface area contributed by atoms with Gasteiger partial charge < -0.3 is 4.98 Å².